The quantitative estimate of drug-likeness (QED) is 0.732. The zero-order valence-electron chi connectivity index (χ0n) is 10.3. The van der Waals surface area contributed by atoms with Crippen molar-refractivity contribution in [2.75, 3.05) is 13.7 Å². The van der Waals surface area contributed by atoms with E-state index in [1.165, 1.54) is 12.8 Å². The van der Waals surface area contributed by atoms with E-state index < -0.39 is 0 Å². The van der Waals surface area contributed by atoms with Gasteiger partial charge in [0.15, 0.2) is 5.82 Å². The first-order chi connectivity index (χ1) is 7.76. The summed E-state index contributed by atoms with van der Waals surface area (Å²) in [5.41, 5.74) is 0. The van der Waals surface area contributed by atoms with Crippen molar-refractivity contribution in [3.05, 3.63) is 11.7 Å². The lowest BCUT2D eigenvalue weighted by Crippen LogP contribution is -2.32. The fraction of sp³-hybridized carbons (Fsp3) is 0.818. The van der Waals surface area contributed by atoms with Crippen LogP contribution >= 0.6 is 0 Å². The molecule has 0 saturated heterocycles. The molecule has 16 heavy (non-hydrogen) atoms. The average molecular weight is 227 g/mol. The maximum Gasteiger partial charge on any atom is 0.240 e. The van der Waals surface area contributed by atoms with Crippen molar-refractivity contribution in [2.45, 2.75) is 45.7 Å². The van der Waals surface area contributed by atoms with E-state index in [0.717, 1.165) is 6.42 Å². The molecule has 1 rings (SSSR count). The summed E-state index contributed by atoms with van der Waals surface area (Å²) in [7, 11) is 1.72. The first-order valence-corrected chi connectivity index (χ1v) is 5.77. The van der Waals surface area contributed by atoms with E-state index in [-0.39, 0.29) is 0 Å². The predicted molar refractivity (Wildman–Crippen MR) is 61.1 cm³/mol. The summed E-state index contributed by atoms with van der Waals surface area (Å²) in [6, 6.07) is 0.358. The third-order valence-electron chi connectivity index (χ3n) is 2.39. The van der Waals surface area contributed by atoms with Crippen LogP contribution in [0.15, 0.2) is 4.52 Å². The standard InChI is InChI=1S/C11H21N3O2/c1-4-5-6-10(8-15-3)12-7-11-13-9(2)14-16-11/h10,12H,4-8H2,1-3H3. The third-order valence-corrected chi connectivity index (χ3v) is 2.39. The van der Waals surface area contributed by atoms with Gasteiger partial charge >= 0.3 is 0 Å². The van der Waals surface area contributed by atoms with Gasteiger partial charge in [-0.3, -0.25) is 0 Å². The molecule has 92 valence electrons. The lowest BCUT2D eigenvalue weighted by atomic mass is 10.1. The van der Waals surface area contributed by atoms with Crippen LogP contribution in [0.4, 0.5) is 0 Å². The number of hydrogen-bond donors (Lipinski definition) is 1. The van der Waals surface area contributed by atoms with Crippen LogP contribution in [0.25, 0.3) is 0 Å². The van der Waals surface area contributed by atoms with Crippen molar-refractivity contribution in [3.8, 4) is 0 Å². The smallest absolute Gasteiger partial charge is 0.240 e. The Morgan fingerprint density at radius 3 is 2.88 bits per heavy atom. The molecule has 1 heterocycles. The molecule has 1 N–H and O–H groups in total. The van der Waals surface area contributed by atoms with E-state index >= 15 is 0 Å². The van der Waals surface area contributed by atoms with E-state index in [9.17, 15) is 0 Å². The van der Waals surface area contributed by atoms with Gasteiger partial charge in [0.05, 0.1) is 13.2 Å². The molecule has 5 heteroatoms. The van der Waals surface area contributed by atoms with E-state index in [0.29, 0.717) is 30.9 Å². The topological polar surface area (TPSA) is 60.2 Å². The summed E-state index contributed by atoms with van der Waals surface area (Å²) in [5.74, 6) is 1.31. The van der Waals surface area contributed by atoms with E-state index in [1.807, 2.05) is 6.92 Å². The first-order valence-electron chi connectivity index (χ1n) is 5.77. The van der Waals surface area contributed by atoms with Crippen molar-refractivity contribution in [2.24, 2.45) is 0 Å². The highest BCUT2D eigenvalue weighted by Gasteiger charge is 2.09. The van der Waals surface area contributed by atoms with Crippen LogP contribution in [0.2, 0.25) is 0 Å². The third kappa shape index (κ3) is 4.72. The number of methoxy groups -OCH3 is 1. The number of nitrogens with zero attached hydrogens (tertiary/aromatic N) is 2. The van der Waals surface area contributed by atoms with E-state index in [2.05, 4.69) is 22.4 Å². The zero-order valence-corrected chi connectivity index (χ0v) is 10.3. The minimum absolute atomic E-state index is 0.358. The fourth-order valence-corrected chi connectivity index (χ4v) is 1.54. The van der Waals surface area contributed by atoms with Gasteiger partial charge in [0.25, 0.3) is 0 Å². The SMILES string of the molecule is CCCCC(COC)NCc1nc(C)no1. The summed E-state index contributed by atoms with van der Waals surface area (Å²) in [5, 5.41) is 7.11. The molecule has 0 aliphatic heterocycles. The number of nitrogens with one attached hydrogen (secondary N) is 1. The molecule has 5 nitrogen and oxygen atoms in total. The van der Waals surface area contributed by atoms with Gasteiger partial charge in [-0.05, 0) is 13.3 Å². The van der Waals surface area contributed by atoms with Crippen molar-refractivity contribution in [1.82, 2.24) is 15.5 Å². The van der Waals surface area contributed by atoms with Gasteiger partial charge in [0.1, 0.15) is 0 Å². The number of hydrogen-bond acceptors (Lipinski definition) is 5. The number of rotatable bonds is 8. The Morgan fingerprint density at radius 2 is 2.31 bits per heavy atom. The molecule has 0 fully saturated rings. The molecule has 1 aromatic rings. The predicted octanol–water partition coefficient (Wildman–Crippen LogP) is 1.67. The van der Waals surface area contributed by atoms with Gasteiger partial charge in [-0.15, -0.1) is 0 Å². The number of unbranched alkanes of at least 4 members (excludes halogenated alkanes) is 1. The van der Waals surface area contributed by atoms with E-state index in [1.54, 1.807) is 7.11 Å². The van der Waals surface area contributed by atoms with Crippen LogP contribution in [-0.4, -0.2) is 29.9 Å². The molecule has 1 atom stereocenters. The van der Waals surface area contributed by atoms with Crippen molar-refractivity contribution in [3.63, 3.8) is 0 Å². The minimum atomic E-state index is 0.358. The second-order valence-electron chi connectivity index (χ2n) is 3.91. The molecule has 1 aromatic heterocycles. The largest absolute Gasteiger partial charge is 0.383 e. The molecular weight excluding hydrogens is 206 g/mol. The van der Waals surface area contributed by atoms with Gasteiger partial charge in [-0.2, -0.15) is 4.98 Å². The highest BCUT2D eigenvalue weighted by molar-refractivity contribution is 4.83. The fourth-order valence-electron chi connectivity index (χ4n) is 1.54. The van der Waals surface area contributed by atoms with Crippen LogP contribution in [0, 0.1) is 6.92 Å². The minimum Gasteiger partial charge on any atom is -0.383 e. The highest BCUT2D eigenvalue weighted by atomic mass is 16.5. The molecule has 0 bridgehead atoms. The molecule has 0 saturated carbocycles. The van der Waals surface area contributed by atoms with Crippen molar-refractivity contribution in [1.29, 1.82) is 0 Å². The van der Waals surface area contributed by atoms with Crippen LogP contribution in [0.5, 0.6) is 0 Å². The van der Waals surface area contributed by atoms with Gasteiger partial charge < -0.3 is 14.6 Å². The molecule has 0 amide bonds. The van der Waals surface area contributed by atoms with Crippen molar-refractivity contribution < 1.29 is 9.26 Å². The Kier molecular flexibility index (Phi) is 6.03. The zero-order chi connectivity index (χ0) is 11.8. The monoisotopic (exact) mass is 227 g/mol. The summed E-state index contributed by atoms with van der Waals surface area (Å²) in [4.78, 5) is 4.14. The first kappa shape index (κ1) is 13.1. The summed E-state index contributed by atoms with van der Waals surface area (Å²) < 4.78 is 10.2. The summed E-state index contributed by atoms with van der Waals surface area (Å²) in [6.07, 6.45) is 3.50. The molecule has 1 unspecified atom stereocenters. The van der Waals surface area contributed by atoms with Crippen molar-refractivity contribution >= 4 is 0 Å². The Labute approximate surface area is 96.6 Å². The van der Waals surface area contributed by atoms with Crippen LogP contribution in [0.3, 0.4) is 0 Å². The maximum atomic E-state index is 5.17. The van der Waals surface area contributed by atoms with Gasteiger partial charge in [0, 0.05) is 13.2 Å². The summed E-state index contributed by atoms with van der Waals surface area (Å²) >= 11 is 0. The maximum absolute atomic E-state index is 5.17. The van der Waals surface area contributed by atoms with Crippen LogP contribution < -0.4 is 5.32 Å². The lowest BCUT2D eigenvalue weighted by molar-refractivity contribution is 0.158. The second-order valence-corrected chi connectivity index (χ2v) is 3.91. The molecule has 0 aromatic carbocycles. The Balaban J connectivity index is 2.30. The van der Waals surface area contributed by atoms with Gasteiger partial charge in [-0.25, -0.2) is 0 Å². The lowest BCUT2D eigenvalue weighted by Gasteiger charge is -2.16. The second kappa shape index (κ2) is 7.35. The van der Waals surface area contributed by atoms with E-state index in [4.69, 9.17) is 9.26 Å². The average Bonchev–Trinajstić information content (AvgIpc) is 2.68. The van der Waals surface area contributed by atoms with Gasteiger partial charge in [-0.1, -0.05) is 24.9 Å². The molecule has 0 aliphatic carbocycles. The van der Waals surface area contributed by atoms with Crippen LogP contribution in [0.1, 0.15) is 37.9 Å². The normalized spacial score (nSPS) is 12.9. The number of ether oxygens (including phenoxy) is 1. The van der Waals surface area contributed by atoms with Gasteiger partial charge in [0.2, 0.25) is 5.89 Å². The number of aryl methyl sites for hydroxylation is 1. The molecule has 0 spiro atoms. The number of aromatic nitrogens is 2. The molecule has 0 radical (unpaired) electrons. The highest BCUT2D eigenvalue weighted by Crippen LogP contribution is 2.03. The molecular formula is C11H21N3O2. The Hall–Kier alpha value is -0.940. The van der Waals surface area contributed by atoms with Crippen LogP contribution in [-0.2, 0) is 11.3 Å². The summed E-state index contributed by atoms with van der Waals surface area (Å²) in [6.45, 7) is 5.33. The Bertz CT molecular complexity index is 289. The molecule has 0 aliphatic rings. The Morgan fingerprint density at radius 1 is 1.50 bits per heavy atom.